The Labute approximate surface area is 165 Å². The fourth-order valence-corrected chi connectivity index (χ4v) is 1.53. The summed E-state index contributed by atoms with van der Waals surface area (Å²) in [6.45, 7) is 0.354. The fourth-order valence-electron chi connectivity index (χ4n) is 1.53. The van der Waals surface area contributed by atoms with E-state index in [0.29, 0.717) is 12.2 Å². The molecule has 0 aliphatic rings. The number of nitrogens with zero attached hydrogens (tertiary/aromatic N) is 2. The van der Waals surface area contributed by atoms with Gasteiger partial charge in [0.15, 0.2) is 0 Å². The van der Waals surface area contributed by atoms with Gasteiger partial charge in [-0.05, 0) is 23.8 Å². The van der Waals surface area contributed by atoms with Crippen LogP contribution in [0, 0.1) is 10.1 Å². The minimum Gasteiger partial charge on any atom is -1.00 e. The Bertz CT molecular complexity index is 614. The Morgan fingerprint density at radius 3 is 2.35 bits per heavy atom. The van der Waals surface area contributed by atoms with Crippen LogP contribution in [-0.4, -0.2) is 15.9 Å². The maximum Gasteiger partial charge on any atom is 2.00 e. The van der Waals surface area contributed by atoms with E-state index in [1.165, 1.54) is 24.3 Å². The number of carbonyl (C=O) groups is 1. The molecule has 2 rings (SSSR count). The van der Waals surface area contributed by atoms with Crippen molar-refractivity contribution in [2.45, 2.75) is 6.54 Å². The molecule has 1 aromatic heterocycles. The van der Waals surface area contributed by atoms with E-state index in [0.717, 1.165) is 5.56 Å². The maximum atomic E-state index is 11.6. The Hall–Kier alpha value is -1.46. The molecule has 0 aliphatic carbocycles. The minimum atomic E-state index is -0.494. The summed E-state index contributed by atoms with van der Waals surface area (Å²) in [5.74, 6) is 0. The zero-order chi connectivity index (χ0) is 14.4. The zero-order valence-corrected chi connectivity index (χ0v) is 17.5. The number of anilines is 1. The molecular weight excluding hydrogens is 443 g/mol. The molecule has 1 heterocycles. The standard InChI is InChI=1S/C13H12N4O3.Cd.2ClH/c18-13(15-9-10-2-1-7-14-8-10)16-11-3-5-12(6-4-11)17(19)20;;;/h1-8H,9H2,(H2,15,16,18);;2*1H/q;+2;;/p-2. The molecular formula is C13H12CdCl2N4O3. The van der Waals surface area contributed by atoms with Crippen LogP contribution in [0.2, 0.25) is 0 Å². The van der Waals surface area contributed by atoms with Crippen molar-refractivity contribution in [3.8, 4) is 0 Å². The van der Waals surface area contributed by atoms with E-state index in [9.17, 15) is 14.9 Å². The SMILES string of the molecule is O=C(NCc1cccnc1)Nc1ccc([N+](=O)[O-])cc1.[Cd+2].[Cl-].[Cl-]. The topological polar surface area (TPSA) is 97.2 Å². The molecule has 0 spiro atoms. The average molecular weight is 456 g/mol. The molecule has 0 bridgehead atoms. The second-order valence-electron chi connectivity index (χ2n) is 3.97. The van der Waals surface area contributed by atoms with Gasteiger partial charge in [-0.15, -0.1) is 0 Å². The van der Waals surface area contributed by atoms with Crippen molar-refractivity contribution >= 4 is 17.4 Å². The minimum absolute atomic E-state index is 0. The van der Waals surface area contributed by atoms with Crippen LogP contribution in [0.5, 0.6) is 0 Å². The molecule has 1 aromatic carbocycles. The van der Waals surface area contributed by atoms with Gasteiger partial charge in [0.2, 0.25) is 0 Å². The summed E-state index contributed by atoms with van der Waals surface area (Å²) in [6, 6.07) is 8.85. The zero-order valence-electron chi connectivity index (χ0n) is 11.9. The summed E-state index contributed by atoms with van der Waals surface area (Å²) in [5, 5.41) is 15.7. The Balaban J connectivity index is 0. The molecule has 118 valence electrons. The van der Waals surface area contributed by atoms with Gasteiger partial charge in [0.1, 0.15) is 0 Å². The van der Waals surface area contributed by atoms with Gasteiger partial charge in [0.05, 0.1) is 4.92 Å². The normalized spacial score (nSPS) is 8.52. The largest absolute Gasteiger partial charge is 2.00 e. The van der Waals surface area contributed by atoms with Gasteiger partial charge in [-0.1, -0.05) is 6.07 Å². The second kappa shape index (κ2) is 12.0. The van der Waals surface area contributed by atoms with E-state index in [-0.39, 0.29) is 63.8 Å². The predicted octanol–water partition coefficient (Wildman–Crippen LogP) is -3.68. The number of urea groups is 1. The van der Waals surface area contributed by atoms with Crippen molar-refractivity contribution in [3.63, 3.8) is 0 Å². The van der Waals surface area contributed by atoms with Crippen molar-refractivity contribution in [2.24, 2.45) is 0 Å². The van der Waals surface area contributed by atoms with E-state index in [1.54, 1.807) is 18.5 Å². The number of nitro benzene ring substituents is 1. The van der Waals surface area contributed by atoms with Crippen LogP contribution in [0.1, 0.15) is 5.56 Å². The molecule has 2 amide bonds. The molecule has 0 fully saturated rings. The number of halogens is 2. The number of benzene rings is 1. The van der Waals surface area contributed by atoms with E-state index in [4.69, 9.17) is 0 Å². The number of hydrogen-bond acceptors (Lipinski definition) is 4. The Morgan fingerprint density at radius 1 is 1.17 bits per heavy atom. The maximum absolute atomic E-state index is 11.6. The first-order valence-electron chi connectivity index (χ1n) is 5.83. The van der Waals surface area contributed by atoms with Crippen LogP contribution < -0.4 is 35.4 Å². The smallest absolute Gasteiger partial charge is 1.00 e. The van der Waals surface area contributed by atoms with Crippen LogP contribution in [0.4, 0.5) is 16.2 Å². The van der Waals surface area contributed by atoms with Crippen molar-refractivity contribution in [1.29, 1.82) is 0 Å². The van der Waals surface area contributed by atoms with E-state index in [2.05, 4.69) is 15.6 Å². The first kappa shape index (κ1) is 23.8. The third-order valence-electron chi connectivity index (χ3n) is 2.51. The summed E-state index contributed by atoms with van der Waals surface area (Å²) in [5.41, 5.74) is 1.34. The van der Waals surface area contributed by atoms with Crippen molar-refractivity contribution in [3.05, 3.63) is 64.5 Å². The van der Waals surface area contributed by atoms with Gasteiger partial charge >= 0.3 is 33.3 Å². The molecule has 0 radical (unpaired) electrons. The van der Waals surface area contributed by atoms with Gasteiger partial charge in [-0.3, -0.25) is 15.1 Å². The summed E-state index contributed by atoms with van der Waals surface area (Å²) in [6.07, 6.45) is 3.31. The van der Waals surface area contributed by atoms with Gasteiger partial charge < -0.3 is 35.4 Å². The number of pyridine rings is 1. The van der Waals surface area contributed by atoms with E-state index < -0.39 is 4.92 Å². The molecule has 0 saturated heterocycles. The molecule has 0 unspecified atom stereocenters. The fraction of sp³-hybridized carbons (Fsp3) is 0.0769. The molecule has 7 nitrogen and oxygen atoms in total. The summed E-state index contributed by atoms with van der Waals surface area (Å²) < 4.78 is 0. The third kappa shape index (κ3) is 8.09. The predicted molar refractivity (Wildman–Crippen MR) is 73.2 cm³/mol. The summed E-state index contributed by atoms with van der Waals surface area (Å²) in [4.78, 5) is 25.6. The monoisotopic (exact) mass is 456 g/mol. The number of carbonyl (C=O) groups excluding carboxylic acids is 1. The quantitative estimate of drug-likeness (QED) is 0.282. The molecule has 2 N–H and O–H groups in total. The van der Waals surface area contributed by atoms with Crippen LogP contribution in [0.3, 0.4) is 0 Å². The summed E-state index contributed by atoms with van der Waals surface area (Å²) >= 11 is 0. The summed E-state index contributed by atoms with van der Waals surface area (Å²) in [7, 11) is 0. The first-order chi connectivity index (χ1) is 9.65. The average Bonchev–Trinajstić information content (AvgIpc) is 2.47. The van der Waals surface area contributed by atoms with Crippen molar-refractivity contribution in [1.82, 2.24) is 10.3 Å². The molecule has 0 atom stereocenters. The molecule has 10 heteroatoms. The van der Waals surface area contributed by atoms with Crippen LogP contribution in [0.25, 0.3) is 0 Å². The molecule has 23 heavy (non-hydrogen) atoms. The molecule has 2 aromatic rings. The van der Waals surface area contributed by atoms with E-state index in [1.807, 2.05) is 6.07 Å². The van der Waals surface area contributed by atoms with Gasteiger partial charge in [0, 0.05) is 36.8 Å². The van der Waals surface area contributed by atoms with Crippen LogP contribution >= 0.6 is 0 Å². The van der Waals surface area contributed by atoms with Gasteiger partial charge in [0.25, 0.3) is 5.69 Å². The van der Waals surface area contributed by atoms with Crippen LogP contribution in [-0.2, 0) is 33.8 Å². The number of nitrogens with one attached hydrogen (secondary N) is 2. The number of rotatable bonds is 4. The van der Waals surface area contributed by atoms with E-state index >= 15 is 0 Å². The van der Waals surface area contributed by atoms with Crippen LogP contribution in [0.15, 0.2) is 48.8 Å². The Kier molecular flexibility index (Phi) is 12.4. The third-order valence-corrected chi connectivity index (χ3v) is 2.51. The number of hydrogen-bond donors (Lipinski definition) is 2. The van der Waals surface area contributed by atoms with Crippen molar-refractivity contribution in [2.75, 3.05) is 5.32 Å². The Morgan fingerprint density at radius 2 is 1.83 bits per heavy atom. The number of nitro groups is 1. The number of amides is 2. The van der Waals surface area contributed by atoms with Gasteiger partial charge in [-0.25, -0.2) is 4.79 Å². The molecule has 0 aliphatic heterocycles. The number of aromatic nitrogens is 1. The molecule has 0 saturated carbocycles. The second-order valence-corrected chi connectivity index (χ2v) is 3.97. The first-order valence-corrected chi connectivity index (χ1v) is 5.83. The number of non-ortho nitro benzene ring substituents is 1. The van der Waals surface area contributed by atoms with Crippen molar-refractivity contribution < 1.29 is 61.8 Å². The van der Waals surface area contributed by atoms with Gasteiger partial charge in [-0.2, -0.15) is 0 Å².